The van der Waals surface area contributed by atoms with Crippen LogP contribution in [0.1, 0.15) is 31.8 Å². The molecular formula is C28H27NO7. The number of rotatable bonds is 7. The zero-order chi connectivity index (χ0) is 26.0. The first-order valence-corrected chi connectivity index (χ1v) is 11.1. The largest absolute Gasteiger partial charge is 0.493 e. The van der Waals surface area contributed by atoms with Crippen molar-refractivity contribution in [2.45, 2.75) is 6.92 Å². The van der Waals surface area contributed by atoms with Crippen LogP contribution in [0.25, 0.3) is 6.08 Å². The lowest BCUT2D eigenvalue weighted by Gasteiger charge is -2.14. The third kappa shape index (κ3) is 4.57. The number of carbonyl (C=O) groups is 2. The van der Waals surface area contributed by atoms with E-state index in [1.165, 1.54) is 33.5 Å². The van der Waals surface area contributed by atoms with Crippen molar-refractivity contribution in [2.75, 3.05) is 40.3 Å². The van der Waals surface area contributed by atoms with Gasteiger partial charge in [0.15, 0.2) is 17.3 Å². The molecule has 0 spiro atoms. The van der Waals surface area contributed by atoms with E-state index in [4.69, 9.17) is 23.7 Å². The quantitative estimate of drug-likeness (QED) is 0.263. The second-order valence-corrected chi connectivity index (χ2v) is 8.29. The van der Waals surface area contributed by atoms with Gasteiger partial charge in [-0.2, -0.15) is 0 Å². The Kier molecular flexibility index (Phi) is 6.87. The van der Waals surface area contributed by atoms with Crippen molar-refractivity contribution in [3.63, 3.8) is 0 Å². The fourth-order valence-electron chi connectivity index (χ4n) is 3.86. The average molecular weight is 490 g/mol. The molecule has 0 fully saturated rings. The number of anilines is 1. The van der Waals surface area contributed by atoms with Crippen molar-refractivity contribution in [1.29, 1.82) is 0 Å². The van der Waals surface area contributed by atoms with Crippen LogP contribution in [0.2, 0.25) is 0 Å². The number of allylic oxidation sites excluding steroid dienone is 1. The van der Waals surface area contributed by atoms with E-state index in [2.05, 4.69) is 0 Å². The molecular weight excluding hydrogens is 462 g/mol. The van der Waals surface area contributed by atoms with E-state index in [0.717, 1.165) is 11.3 Å². The predicted octanol–water partition coefficient (Wildman–Crippen LogP) is 4.92. The molecule has 0 saturated carbocycles. The van der Waals surface area contributed by atoms with Gasteiger partial charge in [-0.25, -0.2) is 4.79 Å². The van der Waals surface area contributed by atoms with E-state index in [1.54, 1.807) is 25.1 Å². The molecule has 1 heterocycles. The zero-order valence-electron chi connectivity index (χ0n) is 21.0. The molecule has 0 bridgehead atoms. The van der Waals surface area contributed by atoms with Crippen LogP contribution in [0.4, 0.5) is 5.69 Å². The molecule has 0 aromatic heterocycles. The zero-order valence-corrected chi connectivity index (χ0v) is 21.0. The molecule has 8 nitrogen and oxygen atoms in total. The monoisotopic (exact) mass is 489 g/mol. The first-order chi connectivity index (χ1) is 17.3. The Hall–Kier alpha value is -4.46. The van der Waals surface area contributed by atoms with E-state index in [1.807, 2.05) is 43.3 Å². The van der Waals surface area contributed by atoms with Gasteiger partial charge >= 0.3 is 5.97 Å². The number of Topliss-reactive ketones (excluding diaryl/α,β-unsaturated/α-hetero) is 1. The molecule has 4 rings (SSSR count). The number of methoxy groups -OCH3 is 3. The molecule has 0 aliphatic carbocycles. The minimum absolute atomic E-state index is 0.207. The summed E-state index contributed by atoms with van der Waals surface area (Å²) in [6.45, 7) is 1.73. The fourth-order valence-corrected chi connectivity index (χ4v) is 3.86. The predicted molar refractivity (Wildman–Crippen MR) is 136 cm³/mol. The van der Waals surface area contributed by atoms with Gasteiger partial charge in [-0.15, -0.1) is 0 Å². The lowest BCUT2D eigenvalue weighted by atomic mass is 10.1. The van der Waals surface area contributed by atoms with Crippen LogP contribution in [0, 0.1) is 6.92 Å². The maximum absolute atomic E-state index is 13.0. The number of hydrogen-bond acceptors (Lipinski definition) is 8. The summed E-state index contributed by atoms with van der Waals surface area (Å²) in [6, 6.07) is 14.0. The third-order valence-electron chi connectivity index (χ3n) is 5.85. The molecule has 0 unspecified atom stereocenters. The highest BCUT2D eigenvalue weighted by atomic mass is 16.5. The van der Waals surface area contributed by atoms with E-state index >= 15 is 0 Å². The summed E-state index contributed by atoms with van der Waals surface area (Å²) in [7, 11) is 8.33. The third-order valence-corrected chi connectivity index (χ3v) is 5.85. The normalized spacial score (nSPS) is 13.2. The van der Waals surface area contributed by atoms with Crippen molar-refractivity contribution in [3.8, 4) is 28.7 Å². The second kappa shape index (κ2) is 10.0. The highest BCUT2D eigenvalue weighted by molar-refractivity contribution is 6.15. The Morgan fingerprint density at radius 1 is 0.889 bits per heavy atom. The molecule has 8 heteroatoms. The lowest BCUT2D eigenvalue weighted by molar-refractivity contribution is 0.0732. The van der Waals surface area contributed by atoms with Crippen LogP contribution in [0.5, 0.6) is 28.7 Å². The van der Waals surface area contributed by atoms with Gasteiger partial charge in [0.2, 0.25) is 11.5 Å². The van der Waals surface area contributed by atoms with Gasteiger partial charge in [0.1, 0.15) is 11.5 Å². The molecule has 0 amide bonds. The van der Waals surface area contributed by atoms with Gasteiger partial charge in [0.25, 0.3) is 0 Å². The lowest BCUT2D eigenvalue weighted by Crippen LogP contribution is -2.10. The number of esters is 1. The molecule has 0 N–H and O–H groups in total. The van der Waals surface area contributed by atoms with Gasteiger partial charge in [-0.1, -0.05) is 12.1 Å². The highest BCUT2D eigenvalue weighted by Crippen LogP contribution is 2.41. The van der Waals surface area contributed by atoms with E-state index < -0.39 is 5.97 Å². The van der Waals surface area contributed by atoms with Crippen LogP contribution in [0.15, 0.2) is 54.3 Å². The van der Waals surface area contributed by atoms with Crippen molar-refractivity contribution in [1.82, 2.24) is 0 Å². The van der Waals surface area contributed by atoms with Crippen LogP contribution >= 0.6 is 0 Å². The Balaban J connectivity index is 1.59. The summed E-state index contributed by atoms with van der Waals surface area (Å²) >= 11 is 0. The molecule has 0 atom stereocenters. The Bertz CT molecular complexity index is 1330. The van der Waals surface area contributed by atoms with Crippen LogP contribution in [-0.2, 0) is 0 Å². The summed E-state index contributed by atoms with van der Waals surface area (Å²) in [5, 5.41) is 0. The van der Waals surface area contributed by atoms with Gasteiger partial charge in [0, 0.05) is 25.3 Å². The number of hydrogen-bond donors (Lipinski definition) is 0. The number of benzene rings is 3. The average Bonchev–Trinajstić information content (AvgIpc) is 3.20. The Morgan fingerprint density at radius 3 is 2.08 bits per heavy atom. The summed E-state index contributed by atoms with van der Waals surface area (Å²) < 4.78 is 27.5. The van der Waals surface area contributed by atoms with E-state index in [-0.39, 0.29) is 22.9 Å². The number of ketones is 1. The molecule has 0 radical (unpaired) electrons. The van der Waals surface area contributed by atoms with Gasteiger partial charge in [-0.05, 0) is 55.0 Å². The van der Waals surface area contributed by atoms with Crippen LogP contribution < -0.4 is 28.6 Å². The summed E-state index contributed by atoms with van der Waals surface area (Å²) in [6.07, 6.45) is 1.70. The summed E-state index contributed by atoms with van der Waals surface area (Å²) in [5.41, 5.74) is 3.05. The minimum atomic E-state index is -0.627. The standard InChI is InChI=1S/C28H27NO7/c1-16-21(36-28(31)18-14-23(32-4)27(34-6)24(15-18)33-5)12-11-20-25(30)22(35-26(16)20)13-17-7-9-19(10-8-17)29(2)3/h7-15H,1-6H3/b22-13-. The summed E-state index contributed by atoms with van der Waals surface area (Å²) in [4.78, 5) is 27.9. The van der Waals surface area contributed by atoms with Crippen molar-refractivity contribution < 1.29 is 33.3 Å². The van der Waals surface area contributed by atoms with Crippen molar-refractivity contribution in [2.24, 2.45) is 0 Å². The number of fused-ring (bicyclic) bond motifs is 1. The maximum Gasteiger partial charge on any atom is 0.343 e. The highest BCUT2D eigenvalue weighted by Gasteiger charge is 2.31. The molecule has 1 aliphatic rings. The Morgan fingerprint density at radius 2 is 1.53 bits per heavy atom. The molecule has 36 heavy (non-hydrogen) atoms. The minimum Gasteiger partial charge on any atom is -0.493 e. The second-order valence-electron chi connectivity index (χ2n) is 8.29. The Labute approximate surface area is 209 Å². The fraction of sp³-hybridized carbons (Fsp3) is 0.214. The van der Waals surface area contributed by atoms with Crippen molar-refractivity contribution >= 4 is 23.5 Å². The first kappa shape index (κ1) is 24.7. The molecule has 186 valence electrons. The summed E-state index contributed by atoms with van der Waals surface area (Å²) in [5.74, 6) is 1.02. The number of carbonyl (C=O) groups excluding carboxylic acids is 2. The van der Waals surface area contributed by atoms with E-state index in [9.17, 15) is 9.59 Å². The molecule has 0 saturated heterocycles. The first-order valence-electron chi connectivity index (χ1n) is 11.1. The van der Waals surface area contributed by atoms with Gasteiger partial charge < -0.3 is 28.6 Å². The topological polar surface area (TPSA) is 83.5 Å². The van der Waals surface area contributed by atoms with Crippen molar-refractivity contribution in [3.05, 3.63) is 76.5 Å². The number of ether oxygens (including phenoxy) is 5. The smallest absolute Gasteiger partial charge is 0.343 e. The molecule has 1 aliphatic heterocycles. The van der Waals surface area contributed by atoms with Crippen LogP contribution in [-0.4, -0.2) is 47.2 Å². The molecule has 3 aromatic carbocycles. The maximum atomic E-state index is 13.0. The van der Waals surface area contributed by atoms with E-state index in [0.29, 0.717) is 34.1 Å². The van der Waals surface area contributed by atoms with Gasteiger partial charge in [0.05, 0.1) is 32.5 Å². The van der Waals surface area contributed by atoms with Gasteiger partial charge in [-0.3, -0.25) is 4.79 Å². The number of nitrogens with zero attached hydrogens (tertiary/aromatic N) is 1. The van der Waals surface area contributed by atoms with Crippen LogP contribution in [0.3, 0.4) is 0 Å². The molecule has 3 aromatic rings. The SMILES string of the molecule is COc1cc(C(=O)Oc2ccc3c(c2C)O/C(=C\c2ccc(N(C)C)cc2)C3=O)cc(OC)c1OC.